The molecule has 0 unspecified atom stereocenters. The summed E-state index contributed by atoms with van der Waals surface area (Å²) in [4.78, 5) is 28.9. The summed E-state index contributed by atoms with van der Waals surface area (Å²) < 4.78 is 7.02. The summed E-state index contributed by atoms with van der Waals surface area (Å²) in [6.07, 6.45) is 6.80. The third-order valence-corrected chi connectivity index (χ3v) is 5.39. The lowest BCUT2D eigenvalue weighted by Crippen LogP contribution is -2.24. The Hall–Kier alpha value is -3.46. The molecule has 1 fully saturated rings. The lowest BCUT2D eigenvalue weighted by atomic mass is 10.2. The maximum absolute atomic E-state index is 12.6. The number of hydrogen-bond acceptors (Lipinski definition) is 8. The average Bonchev–Trinajstić information content (AvgIpc) is 3.49. The maximum atomic E-state index is 12.6. The van der Waals surface area contributed by atoms with Gasteiger partial charge in [0, 0.05) is 12.5 Å². The molecule has 0 bridgehead atoms. The predicted molar refractivity (Wildman–Crippen MR) is 124 cm³/mol. The molecule has 0 amide bonds. The highest BCUT2D eigenvalue weighted by atomic mass is 35.5. The Bertz CT molecular complexity index is 1310. The van der Waals surface area contributed by atoms with E-state index in [1.165, 1.54) is 12.6 Å². The molecule has 9 nitrogen and oxygen atoms in total. The van der Waals surface area contributed by atoms with E-state index >= 15 is 0 Å². The molecule has 10 heteroatoms. The van der Waals surface area contributed by atoms with E-state index in [4.69, 9.17) is 27.5 Å². The molecule has 4 aromatic rings. The SMILES string of the molecule is CCCc1nc2cccc(Cl)c2c(=O)n1C1CC1.Cc1coc(-c2c(N)ncnc2N)n1. The van der Waals surface area contributed by atoms with Gasteiger partial charge in [-0.15, -0.1) is 0 Å². The third kappa shape index (κ3) is 4.29. The van der Waals surface area contributed by atoms with E-state index in [2.05, 4.69) is 26.9 Å². The normalized spacial score (nSPS) is 13.1. The van der Waals surface area contributed by atoms with Gasteiger partial charge in [-0.25, -0.2) is 19.9 Å². The van der Waals surface area contributed by atoms with Crippen molar-refractivity contribution in [2.24, 2.45) is 0 Å². The maximum Gasteiger partial charge on any atom is 0.263 e. The van der Waals surface area contributed by atoms with Crippen LogP contribution in [-0.2, 0) is 6.42 Å². The molecule has 0 saturated heterocycles. The van der Waals surface area contributed by atoms with Gasteiger partial charge in [-0.2, -0.15) is 0 Å². The first kappa shape index (κ1) is 21.8. The molecule has 5 rings (SSSR count). The van der Waals surface area contributed by atoms with Gasteiger partial charge in [0.05, 0.1) is 21.6 Å². The summed E-state index contributed by atoms with van der Waals surface area (Å²) >= 11 is 6.14. The lowest BCUT2D eigenvalue weighted by Gasteiger charge is -2.12. The van der Waals surface area contributed by atoms with Gasteiger partial charge in [0.1, 0.15) is 35.6 Å². The van der Waals surface area contributed by atoms with Crippen LogP contribution in [0.2, 0.25) is 5.02 Å². The standard InChI is InChI=1S/C14H15ClN2O.C8H9N5O/c1-2-4-12-16-11-6-3-5-10(15)13(11)14(18)17(12)9-7-8-9;1-4-2-14-8(13-4)5-6(9)11-3-12-7(5)10/h3,5-6,9H,2,4,7-8H2,1H3;2-3H,1H3,(H4,9,10,11,12). The van der Waals surface area contributed by atoms with Crippen LogP contribution in [0.4, 0.5) is 11.6 Å². The zero-order chi connectivity index (χ0) is 22.8. The first-order chi connectivity index (χ1) is 15.4. The summed E-state index contributed by atoms with van der Waals surface area (Å²) in [6, 6.07) is 5.80. The van der Waals surface area contributed by atoms with Crippen LogP contribution in [0, 0.1) is 6.92 Å². The number of halogens is 1. The van der Waals surface area contributed by atoms with Gasteiger partial charge in [-0.1, -0.05) is 24.6 Å². The van der Waals surface area contributed by atoms with Crippen LogP contribution in [0.15, 0.2) is 40.0 Å². The van der Waals surface area contributed by atoms with E-state index in [1.54, 1.807) is 6.07 Å². The van der Waals surface area contributed by atoms with Gasteiger partial charge in [0.2, 0.25) is 5.89 Å². The minimum Gasteiger partial charge on any atom is -0.444 e. The molecule has 1 aromatic carbocycles. The molecule has 3 heterocycles. The quantitative estimate of drug-likeness (QED) is 0.473. The minimum absolute atomic E-state index is 0.0246. The summed E-state index contributed by atoms with van der Waals surface area (Å²) in [5, 5.41) is 1.06. The molecule has 1 aliphatic carbocycles. The van der Waals surface area contributed by atoms with Gasteiger partial charge in [0.25, 0.3) is 5.56 Å². The van der Waals surface area contributed by atoms with Crippen LogP contribution in [0.25, 0.3) is 22.4 Å². The number of nitrogens with zero attached hydrogens (tertiary/aromatic N) is 5. The van der Waals surface area contributed by atoms with Crippen molar-refractivity contribution in [2.75, 3.05) is 11.5 Å². The Balaban J connectivity index is 0.000000158. The molecule has 0 atom stereocenters. The number of fused-ring (bicyclic) bond motifs is 1. The average molecular weight is 454 g/mol. The fourth-order valence-electron chi connectivity index (χ4n) is 3.46. The molecular formula is C22H24ClN7O2. The number of aromatic nitrogens is 5. The Labute approximate surface area is 189 Å². The van der Waals surface area contributed by atoms with E-state index in [0.717, 1.165) is 37.2 Å². The van der Waals surface area contributed by atoms with Gasteiger partial charge in [-0.3, -0.25) is 9.36 Å². The molecule has 3 aromatic heterocycles. The van der Waals surface area contributed by atoms with Gasteiger partial charge in [0.15, 0.2) is 0 Å². The van der Waals surface area contributed by atoms with Crippen LogP contribution in [-0.4, -0.2) is 24.5 Å². The number of anilines is 2. The summed E-state index contributed by atoms with van der Waals surface area (Å²) in [5.41, 5.74) is 13.2. The highest BCUT2D eigenvalue weighted by Gasteiger charge is 2.28. The number of rotatable bonds is 4. The van der Waals surface area contributed by atoms with Gasteiger partial charge in [-0.05, 0) is 38.3 Å². The number of aryl methyl sites for hydroxylation is 2. The largest absolute Gasteiger partial charge is 0.444 e. The van der Waals surface area contributed by atoms with Crippen molar-refractivity contribution in [3.63, 3.8) is 0 Å². The van der Waals surface area contributed by atoms with E-state index in [9.17, 15) is 4.79 Å². The molecule has 32 heavy (non-hydrogen) atoms. The van der Waals surface area contributed by atoms with Gasteiger partial charge < -0.3 is 15.9 Å². The number of nitrogens with two attached hydrogens (primary N) is 2. The number of benzene rings is 1. The molecule has 0 aliphatic heterocycles. The smallest absolute Gasteiger partial charge is 0.263 e. The number of nitrogen functional groups attached to an aromatic ring is 2. The summed E-state index contributed by atoms with van der Waals surface area (Å²) in [7, 11) is 0. The zero-order valence-electron chi connectivity index (χ0n) is 17.9. The van der Waals surface area contributed by atoms with E-state index in [1.807, 2.05) is 23.6 Å². The van der Waals surface area contributed by atoms with Crippen LogP contribution >= 0.6 is 11.6 Å². The molecule has 166 valence electrons. The fourth-order valence-corrected chi connectivity index (χ4v) is 3.71. The van der Waals surface area contributed by atoms with Crippen molar-refractivity contribution in [3.8, 4) is 11.5 Å². The zero-order valence-corrected chi connectivity index (χ0v) is 18.6. The van der Waals surface area contributed by atoms with Crippen LogP contribution in [0.3, 0.4) is 0 Å². The van der Waals surface area contributed by atoms with E-state index in [-0.39, 0.29) is 17.2 Å². The fraction of sp³-hybridized carbons (Fsp3) is 0.318. The van der Waals surface area contributed by atoms with Crippen molar-refractivity contribution in [1.29, 1.82) is 0 Å². The molecule has 0 spiro atoms. The summed E-state index contributed by atoms with van der Waals surface area (Å²) in [6.45, 7) is 3.91. The van der Waals surface area contributed by atoms with Crippen molar-refractivity contribution in [1.82, 2.24) is 24.5 Å². The molecule has 4 N–H and O–H groups in total. The van der Waals surface area contributed by atoms with Crippen LogP contribution < -0.4 is 17.0 Å². The second-order valence-corrected chi connectivity index (χ2v) is 8.04. The van der Waals surface area contributed by atoms with Crippen LogP contribution in [0.1, 0.15) is 43.7 Å². The van der Waals surface area contributed by atoms with Crippen LogP contribution in [0.5, 0.6) is 0 Å². The molecular weight excluding hydrogens is 430 g/mol. The number of hydrogen-bond donors (Lipinski definition) is 2. The van der Waals surface area contributed by atoms with E-state index in [0.29, 0.717) is 33.4 Å². The van der Waals surface area contributed by atoms with Crippen molar-refractivity contribution < 1.29 is 4.42 Å². The topological polar surface area (TPSA) is 139 Å². The molecule has 1 saturated carbocycles. The Morgan fingerprint density at radius 2 is 1.91 bits per heavy atom. The van der Waals surface area contributed by atoms with Gasteiger partial charge >= 0.3 is 0 Å². The Morgan fingerprint density at radius 1 is 1.19 bits per heavy atom. The van der Waals surface area contributed by atoms with E-state index < -0.39 is 0 Å². The highest BCUT2D eigenvalue weighted by Crippen LogP contribution is 2.35. The Morgan fingerprint density at radius 3 is 2.50 bits per heavy atom. The first-order valence-corrected chi connectivity index (χ1v) is 10.8. The molecule has 0 radical (unpaired) electrons. The monoisotopic (exact) mass is 453 g/mol. The van der Waals surface area contributed by atoms with Crippen molar-refractivity contribution in [2.45, 2.75) is 45.6 Å². The minimum atomic E-state index is 0.0246. The third-order valence-electron chi connectivity index (χ3n) is 5.08. The first-order valence-electron chi connectivity index (χ1n) is 10.4. The lowest BCUT2D eigenvalue weighted by molar-refractivity contribution is 0.573. The second-order valence-electron chi connectivity index (χ2n) is 7.63. The number of oxazole rings is 1. The summed E-state index contributed by atoms with van der Waals surface area (Å²) in [5.74, 6) is 1.77. The Kier molecular flexibility index (Phi) is 6.09. The second kappa shape index (κ2) is 8.96. The highest BCUT2D eigenvalue weighted by molar-refractivity contribution is 6.35. The molecule has 1 aliphatic rings. The van der Waals surface area contributed by atoms with Crippen molar-refractivity contribution >= 4 is 34.1 Å². The predicted octanol–water partition coefficient (Wildman–Crippen LogP) is 3.94. The van der Waals surface area contributed by atoms with Crippen molar-refractivity contribution in [3.05, 3.63) is 57.7 Å².